The number of ether oxygens (including phenoxy) is 4. The van der Waals surface area contributed by atoms with Gasteiger partial charge in [0.05, 0.1) is 47.8 Å². The molecule has 4 unspecified atom stereocenters. The Morgan fingerprint density at radius 3 is 1.33 bits per heavy atom. The molecule has 1 heterocycles. The Bertz CT molecular complexity index is 1170. The van der Waals surface area contributed by atoms with Crippen molar-refractivity contribution in [2.45, 2.75) is 69.6 Å². The molecule has 0 spiro atoms. The van der Waals surface area contributed by atoms with Crippen molar-refractivity contribution in [3.05, 3.63) is 29.8 Å². The normalized spacial score (nSPS) is 18.2. The third kappa shape index (κ3) is 14.2. The van der Waals surface area contributed by atoms with Crippen LogP contribution in [0, 0.1) is 0 Å². The van der Waals surface area contributed by atoms with Gasteiger partial charge in [-0.2, -0.15) is 0 Å². The average molecular weight is 741 g/mol. The zero-order chi connectivity index (χ0) is 38.5. The second-order valence-corrected chi connectivity index (χ2v) is 12.8. The third-order valence-electron chi connectivity index (χ3n) is 9.57. The molecule has 1 aromatic carbocycles. The highest BCUT2D eigenvalue weighted by atomic mass is 16.5. The first-order valence-corrected chi connectivity index (χ1v) is 18.1. The van der Waals surface area contributed by atoms with Crippen molar-refractivity contribution in [1.29, 1.82) is 0 Å². The van der Waals surface area contributed by atoms with Gasteiger partial charge in [-0.1, -0.05) is 31.9 Å². The molecule has 1 saturated heterocycles. The number of rotatable bonds is 20. The number of hydrogen-bond donors (Lipinski definition) is 4. The molecule has 52 heavy (non-hydrogen) atoms. The first-order chi connectivity index (χ1) is 25.1. The van der Waals surface area contributed by atoms with Crippen LogP contribution in [0.4, 0.5) is 0 Å². The minimum atomic E-state index is -1.07. The Balaban J connectivity index is 2.35. The van der Waals surface area contributed by atoms with Gasteiger partial charge in [0.15, 0.2) is 0 Å². The van der Waals surface area contributed by atoms with Crippen LogP contribution < -0.4 is 4.74 Å². The van der Waals surface area contributed by atoms with Gasteiger partial charge < -0.3 is 39.4 Å². The van der Waals surface area contributed by atoms with Crippen LogP contribution in [0.2, 0.25) is 0 Å². The lowest BCUT2D eigenvalue weighted by Gasteiger charge is -2.39. The van der Waals surface area contributed by atoms with E-state index in [1.54, 1.807) is 19.6 Å². The summed E-state index contributed by atoms with van der Waals surface area (Å²) in [6.07, 6.45) is 4.50. The molecule has 1 aliphatic heterocycles. The molecule has 4 atom stereocenters. The molecule has 0 aliphatic carbocycles. The lowest BCUT2D eigenvalue weighted by molar-refractivity contribution is -0.153. The number of carbonyl (C=O) groups is 4. The standard InChI is InChI=1S/C36H60N4O12/c1-5-6-23-52-28-13-11-27(12-14-28)9-7-8-10-29(33(44)45)37-15-17-38(30(24-41)34(46)49-2)19-21-40(32(26-43)36(48)51-4)22-20-39(18-16-37)31(25-42)35(47)50-3/h11-14,29-32,41-43H,5-10,15-26H2,1-4H3,(H,44,45). The number of aliphatic carboxylic acids is 1. The van der Waals surface area contributed by atoms with Gasteiger partial charge in [-0.3, -0.25) is 38.8 Å². The summed E-state index contributed by atoms with van der Waals surface area (Å²) < 4.78 is 20.6. The fourth-order valence-electron chi connectivity index (χ4n) is 6.36. The van der Waals surface area contributed by atoms with Crippen molar-refractivity contribution in [2.75, 3.05) is 100 Å². The first-order valence-electron chi connectivity index (χ1n) is 18.1. The number of unbranched alkanes of at least 4 members (excludes halogenated alkanes) is 2. The van der Waals surface area contributed by atoms with E-state index in [-0.39, 0.29) is 52.4 Å². The SMILES string of the molecule is CCCCOc1ccc(CCCCC(C(=O)O)N2CCN(C(CO)C(=O)OC)CCN(C(CO)C(=O)OC)CCN(C(CO)C(=O)OC)CC2)cc1. The van der Waals surface area contributed by atoms with E-state index in [9.17, 15) is 39.6 Å². The Morgan fingerprint density at radius 1 is 0.615 bits per heavy atom. The summed E-state index contributed by atoms with van der Waals surface area (Å²) >= 11 is 0. The maximum absolute atomic E-state index is 12.8. The minimum absolute atomic E-state index is 0.123. The molecule has 1 fully saturated rings. The van der Waals surface area contributed by atoms with Crippen LogP contribution in [0.1, 0.15) is 44.6 Å². The smallest absolute Gasteiger partial charge is 0.325 e. The van der Waals surface area contributed by atoms with Crippen molar-refractivity contribution in [3.63, 3.8) is 0 Å². The van der Waals surface area contributed by atoms with E-state index in [0.717, 1.165) is 37.0 Å². The third-order valence-corrected chi connectivity index (χ3v) is 9.57. The Labute approximate surface area is 307 Å². The molecule has 4 N–H and O–H groups in total. The van der Waals surface area contributed by atoms with Gasteiger partial charge >= 0.3 is 23.9 Å². The number of methoxy groups -OCH3 is 3. The summed E-state index contributed by atoms with van der Waals surface area (Å²) in [7, 11) is 3.62. The number of aliphatic hydroxyl groups excluding tert-OH is 3. The molecule has 1 aliphatic rings. The predicted octanol–water partition coefficient (Wildman–Crippen LogP) is -0.145. The minimum Gasteiger partial charge on any atom is -0.494 e. The van der Waals surface area contributed by atoms with Gasteiger partial charge in [-0.25, -0.2) is 0 Å². The summed E-state index contributed by atoms with van der Waals surface area (Å²) in [5, 5.41) is 41.0. The van der Waals surface area contributed by atoms with Crippen molar-refractivity contribution < 1.29 is 58.6 Å². The second kappa shape index (κ2) is 24.8. The molecule has 296 valence electrons. The largest absolute Gasteiger partial charge is 0.494 e. The number of aliphatic hydroxyl groups is 3. The summed E-state index contributed by atoms with van der Waals surface area (Å²) in [5.41, 5.74) is 1.12. The van der Waals surface area contributed by atoms with Crippen LogP contribution in [0.3, 0.4) is 0 Å². The number of carboxylic acid groups (broad SMARTS) is 1. The number of aryl methyl sites for hydroxylation is 1. The molecule has 0 saturated carbocycles. The van der Waals surface area contributed by atoms with Crippen LogP contribution in [0.15, 0.2) is 24.3 Å². The van der Waals surface area contributed by atoms with Crippen LogP contribution in [-0.4, -0.2) is 188 Å². The number of benzene rings is 1. The van der Waals surface area contributed by atoms with Gasteiger partial charge in [0.1, 0.15) is 29.9 Å². The highest BCUT2D eigenvalue weighted by Crippen LogP contribution is 2.18. The molecule has 0 amide bonds. The maximum atomic E-state index is 12.8. The summed E-state index contributed by atoms with van der Waals surface area (Å²) in [6.45, 7) is 2.21. The fourth-order valence-corrected chi connectivity index (χ4v) is 6.36. The summed E-state index contributed by atoms with van der Waals surface area (Å²) in [4.78, 5) is 57.7. The van der Waals surface area contributed by atoms with Crippen LogP contribution in [-0.2, 0) is 39.8 Å². The molecule has 16 heteroatoms. The number of carbonyl (C=O) groups excluding carboxylic acids is 3. The quantitative estimate of drug-likeness (QED) is 0.0782. The zero-order valence-corrected chi connectivity index (χ0v) is 31.2. The van der Waals surface area contributed by atoms with E-state index in [1.165, 1.54) is 21.3 Å². The Hall–Kier alpha value is -3.38. The first kappa shape index (κ1) is 44.8. The molecule has 1 aromatic rings. The van der Waals surface area contributed by atoms with Crippen LogP contribution >= 0.6 is 0 Å². The number of esters is 3. The highest BCUT2D eigenvalue weighted by molar-refractivity contribution is 5.77. The molecular weight excluding hydrogens is 680 g/mol. The van der Waals surface area contributed by atoms with Crippen molar-refractivity contribution in [3.8, 4) is 5.75 Å². The molecule has 0 radical (unpaired) electrons. The highest BCUT2D eigenvalue weighted by Gasteiger charge is 2.35. The second-order valence-electron chi connectivity index (χ2n) is 12.8. The molecule has 2 rings (SSSR count). The van der Waals surface area contributed by atoms with E-state index < -0.39 is 67.9 Å². The summed E-state index contributed by atoms with van der Waals surface area (Å²) in [5.74, 6) is -2.24. The van der Waals surface area contributed by atoms with E-state index in [4.69, 9.17) is 18.9 Å². The van der Waals surface area contributed by atoms with Crippen molar-refractivity contribution >= 4 is 23.9 Å². The van der Waals surface area contributed by atoms with E-state index >= 15 is 0 Å². The number of carboxylic acids is 1. The van der Waals surface area contributed by atoms with Crippen molar-refractivity contribution in [1.82, 2.24) is 19.6 Å². The van der Waals surface area contributed by atoms with E-state index in [1.807, 2.05) is 24.3 Å². The van der Waals surface area contributed by atoms with E-state index in [0.29, 0.717) is 19.4 Å². The van der Waals surface area contributed by atoms with Gasteiger partial charge in [0.25, 0.3) is 0 Å². The molecular formula is C36H60N4O12. The Morgan fingerprint density at radius 2 is 1.00 bits per heavy atom. The molecule has 16 nitrogen and oxygen atoms in total. The lowest BCUT2D eigenvalue weighted by atomic mass is 10.0. The summed E-state index contributed by atoms with van der Waals surface area (Å²) in [6, 6.07) is 3.81. The number of hydrogen-bond acceptors (Lipinski definition) is 15. The number of nitrogens with zero attached hydrogens (tertiary/aromatic N) is 4. The lowest BCUT2D eigenvalue weighted by Crippen LogP contribution is -2.57. The monoisotopic (exact) mass is 740 g/mol. The van der Waals surface area contributed by atoms with Gasteiger partial charge in [0.2, 0.25) is 0 Å². The van der Waals surface area contributed by atoms with Crippen LogP contribution in [0.5, 0.6) is 5.75 Å². The zero-order valence-electron chi connectivity index (χ0n) is 31.2. The van der Waals surface area contributed by atoms with Crippen LogP contribution in [0.25, 0.3) is 0 Å². The van der Waals surface area contributed by atoms with Gasteiger partial charge in [-0.05, 0) is 43.4 Å². The average Bonchev–Trinajstić information content (AvgIpc) is 3.15. The molecule has 0 aromatic heterocycles. The Kier molecular flexibility index (Phi) is 21.3. The topological polar surface area (TPSA) is 199 Å². The van der Waals surface area contributed by atoms with Gasteiger partial charge in [0, 0.05) is 52.4 Å². The van der Waals surface area contributed by atoms with Crippen molar-refractivity contribution in [2.24, 2.45) is 0 Å². The maximum Gasteiger partial charge on any atom is 0.325 e. The predicted molar refractivity (Wildman–Crippen MR) is 191 cm³/mol. The van der Waals surface area contributed by atoms with E-state index in [2.05, 4.69) is 6.92 Å². The fraction of sp³-hybridized carbons (Fsp3) is 0.722. The van der Waals surface area contributed by atoms with Gasteiger partial charge in [-0.15, -0.1) is 0 Å². The molecule has 0 bridgehead atoms.